The number of aliphatic hydroxyl groups excluding tert-OH is 1. The molecule has 0 aliphatic rings. The Balaban J connectivity index is 3.17. The molecule has 0 amide bonds. The Morgan fingerprint density at radius 1 is 1.56 bits per heavy atom. The largest absolute Gasteiger partial charge is 0.496 e. The molecule has 1 atom stereocenters. The Hall–Kier alpha value is -1.66. The monoisotopic (exact) mass is 257 g/mol. The number of hydrogen-bond donors (Lipinski definition) is 2. The van der Waals surface area contributed by atoms with Crippen molar-refractivity contribution in [1.29, 1.82) is 0 Å². The number of likely N-dealkylation sites (N-methyl/N-ethyl adjacent to an activating group) is 1. The second-order valence-electron chi connectivity index (χ2n) is 3.83. The fourth-order valence-corrected chi connectivity index (χ4v) is 1.76. The molecule has 0 aromatic heterocycles. The molecule has 18 heavy (non-hydrogen) atoms. The van der Waals surface area contributed by atoms with E-state index in [0.29, 0.717) is 5.56 Å². The van der Waals surface area contributed by atoms with E-state index in [9.17, 15) is 14.3 Å². The van der Waals surface area contributed by atoms with E-state index in [1.54, 1.807) is 7.05 Å². The summed E-state index contributed by atoms with van der Waals surface area (Å²) < 4.78 is 18.1. The Morgan fingerprint density at radius 3 is 2.72 bits per heavy atom. The lowest BCUT2D eigenvalue weighted by Gasteiger charge is -2.25. The van der Waals surface area contributed by atoms with Crippen molar-refractivity contribution in [1.82, 2.24) is 4.90 Å². The number of carboxylic acid groups (broad SMARTS) is 1. The minimum absolute atomic E-state index is 0.163. The molecule has 1 rings (SSSR count). The fourth-order valence-electron chi connectivity index (χ4n) is 1.76. The van der Waals surface area contributed by atoms with Crippen LogP contribution in [0.15, 0.2) is 18.2 Å². The molecule has 0 aliphatic carbocycles. The second-order valence-corrected chi connectivity index (χ2v) is 3.83. The van der Waals surface area contributed by atoms with E-state index in [1.165, 1.54) is 24.1 Å². The van der Waals surface area contributed by atoms with Gasteiger partial charge in [0.1, 0.15) is 17.6 Å². The van der Waals surface area contributed by atoms with Crippen LogP contribution in [0.2, 0.25) is 0 Å². The van der Waals surface area contributed by atoms with Crippen LogP contribution in [0.5, 0.6) is 5.75 Å². The summed E-state index contributed by atoms with van der Waals surface area (Å²) >= 11 is 0. The van der Waals surface area contributed by atoms with E-state index in [-0.39, 0.29) is 18.9 Å². The summed E-state index contributed by atoms with van der Waals surface area (Å²) in [5.41, 5.74) is 0.349. The molecule has 2 N–H and O–H groups in total. The summed E-state index contributed by atoms with van der Waals surface area (Å²) in [4.78, 5) is 12.8. The molecule has 0 saturated carbocycles. The maximum atomic E-state index is 13.1. The van der Waals surface area contributed by atoms with Gasteiger partial charge in [-0.3, -0.25) is 9.69 Å². The van der Waals surface area contributed by atoms with Crippen LogP contribution in [0.3, 0.4) is 0 Å². The molecule has 1 unspecified atom stereocenters. The second kappa shape index (κ2) is 6.32. The molecule has 100 valence electrons. The minimum atomic E-state index is -1.09. The predicted octanol–water partition coefficient (Wildman–Crippen LogP) is 0.884. The lowest BCUT2D eigenvalue weighted by atomic mass is 10.0. The maximum Gasteiger partial charge on any atom is 0.325 e. The van der Waals surface area contributed by atoms with Crippen molar-refractivity contribution in [2.24, 2.45) is 0 Å². The summed E-state index contributed by atoms with van der Waals surface area (Å²) in [6.07, 6.45) is 0. The van der Waals surface area contributed by atoms with Crippen LogP contribution >= 0.6 is 0 Å². The number of methoxy groups -OCH3 is 1. The number of carbonyl (C=O) groups is 1. The fraction of sp³-hybridized carbons (Fsp3) is 0.417. The minimum Gasteiger partial charge on any atom is -0.496 e. The number of rotatable bonds is 6. The third-order valence-electron chi connectivity index (χ3n) is 2.62. The first-order valence-electron chi connectivity index (χ1n) is 5.38. The zero-order valence-corrected chi connectivity index (χ0v) is 10.3. The molecular formula is C12H16FNO4. The molecule has 0 spiro atoms. The zero-order chi connectivity index (χ0) is 13.7. The first-order chi connectivity index (χ1) is 8.51. The summed E-state index contributed by atoms with van der Waals surface area (Å²) in [7, 11) is 2.92. The predicted molar refractivity (Wildman–Crippen MR) is 63.0 cm³/mol. The van der Waals surface area contributed by atoms with Crippen LogP contribution in [-0.4, -0.2) is 48.4 Å². The van der Waals surface area contributed by atoms with E-state index in [4.69, 9.17) is 9.84 Å². The third kappa shape index (κ3) is 3.18. The van der Waals surface area contributed by atoms with Crippen LogP contribution in [0.4, 0.5) is 4.39 Å². The highest BCUT2D eigenvalue weighted by Crippen LogP contribution is 2.29. The van der Waals surface area contributed by atoms with Crippen molar-refractivity contribution in [3.8, 4) is 5.75 Å². The SMILES string of the molecule is COc1cc(F)ccc1C(C(=O)O)N(C)CCO. The van der Waals surface area contributed by atoms with Crippen molar-refractivity contribution in [2.75, 3.05) is 27.3 Å². The number of nitrogens with zero attached hydrogens (tertiary/aromatic N) is 1. The third-order valence-corrected chi connectivity index (χ3v) is 2.62. The molecule has 0 bridgehead atoms. The van der Waals surface area contributed by atoms with Crippen molar-refractivity contribution in [3.63, 3.8) is 0 Å². The van der Waals surface area contributed by atoms with E-state index in [1.807, 2.05) is 0 Å². The lowest BCUT2D eigenvalue weighted by Crippen LogP contribution is -2.33. The number of benzene rings is 1. The first-order valence-corrected chi connectivity index (χ1v) is 5.38. The molecule has 1 aromatic rings. The molecule has 0 heterocycles. The summed E-state index contributed by atoms with van der Waals surface area (Å²) in [5, 5.41) is 18.1. The van der Waals surface area contributed by atoms with Gasteiger partial charge >= 0.3 is 5.97 Å². The highest BCUT2D eigenvalue weighted by Gasteiger charge is 2.27. The van der Waals surface area contributed by atoms with E-state index in [0.717, 1.165) is 6.07 Å². The standard InChI is InChI=1S/C12H16FNO4/c1-14(5-6-15)11(12(16)17)9-4-3-8(13)7-10(9)18-2/h3-4,7,11,15H,5-6H2,1-2H3,(H,16,17). The van der Waals surface area contributed by atoms with Crippen LogP contribution in [0, 0.1) is 5.82 Å². The van der Waals surface area contributed by atoms with Gasteiger partial charge in [0, 0.05) is 18.2 Å². The van der Waals surface area contributed by atoms with Gasteiger partial charge in [0.15, 0.2) is 0 Å². The van der Waals surface area contributed by atoms with Gasteiger partial charge in [-0.1, -0.05) is 6.07 Å². The average molecular weight is 257 g/mol. The molecular weight excluding hydrogens is 241 g/mol. The quantitative estimate of drug-likeness (QED) is 0.791. The zero-order valence-electron chi connectivity index (χ0n) is 10.3. The number of ether oxygens (including phenoxy) is 1. The smallest absolute Gasteiger partial charge is 0.325 e. The Morgan fingerprint density at radius 2 is 2.22 bits per heavy atom. The number of carboxylic acids is 1. The summed E-state index contributed by atoms with van der Waals surface area (Å²) in [5.74, 6) is -1.41. The number of hydrogen-bond acceptors (Lipinski definition) is 4. The number of aliphatic hydroxyl groups is 1. The van der Waals surface area contributed by atoms with E-state index in [2.05, 4.69) is 0 Å². The van der Waals surface area contributed by atoms with Crippen molar-refractivity contribution in [2.45, 2.75) is 6.04 Å². The lowest BCUT2D eigenvalue weighted by molar-refractivity contribution is -0.143. The van der Waals surface area contributed by atoms with Crippen LogP contribution in [-0.2, 0) is 4.79 Å². The first kappa shape index (κ1) is 14.4. The van der Waals surface area contributed by atoms with Gasteiger partial charge in [-0.15, -0.1) is 0 Å². The van der Waals surface area contributed by atoms with Gasteiger partial charge in [0.05, 0.1) is 13.7 Å². The Bertz CT molecular complexity index is 425. The van der Waals surface area contributed by atoms with Gasteiger partial charge in [0.2, 0.25) is 0 Å². The van der Waals surface area contributed by atoms with Gasteiger partial charge in [0.25, 0.3) is 0 Å². The molecule has 6 heteroatoms. The molecule has 0 radical (unpaired) electrons. The van der Waals surface area contributed by atoms with Gasteiger partial charge < -0.3 is 14.9 Å². The molecule has 1 aromatic carbocycles. The number of aliphatic carboxylic acids is 1. The Kier molecular flexibility index (Phi) is 5.06. The summed E-state index contributed by atoms with van der Waals surface area (Å²) in [6, 6.07) is 2.70. The molecule has 0 fully saturated rings. The van der Waals surface area contributed by atoms with Crippen molar-refractivity contribution >= 4 is 5.97 Å². The van der Waals surface area contributed by atoms with Crippen LogP contribution < -0.4 is 4.74 Å². The van der Waals surface area contributed by atoms with Gasteiger partial charge in [-0.25, -0.2) is 4.39 Å². The topological polar surface area (TPSA) is 70.0 Å². The highest BCUT2D eigenvalue weighted by atomic mass is 19.1. The summed E-state index contributed by atoms with van der Waals surface area (Å²) in [6.45, 7) is 0.0291. The normalized spacial score (nSPS) is 12.5. The Labute approximate surface area is 104 Å². The average Bonchev–Trinajstić information content (AvgIpc) is 2.31. The van der Waals surface area contributed by atoms with Crippen LogP contribution in [0.25, 0.3) is 0 Å². The van der Waals surface area contributed by atoms with Crippen LogP contribution in [0.1, 0.15) is 11.6 Å². The van der Waals surface area contributed by atoms with E-state index >= 15 is 0 Å². The van der Waals surface area contributed by atoms with Crippen molar-refractivity contribution in [3.05, 3.63) is 29.6 Å². The van der Waals surface area contributed by atoms with Gasteiger partial charge in [-0.05, 0) is 13.1 Å². The molecule has 0 saturated heterocycles. The van der Waals surface area contributed by atoms with Crippen molar-refractivity contribution < 1.29 is 24.1 Å². The van der Waals surface area contributed by atoms with E-state index < -0.39 is 17.8 Å². The number of halogens is 1. The van der Waals surface area contributed by atoms with Gasteiger partial charge in [-0.2, -0.15) is 0 Å². The maximum absolute atomic E-state index is 13.1. The molecule has 5 nitrogen and oxygen atoms in total. The highest BCUT2D eigenvalue weighted by molar-refractivity contribution is 5.76. The molecule has 0 aliphatic heterocycles.